The van der Waals surface area contributed by atoms with Crippen molar-refractivity contribution in [3.8, 4) is 11.5 Å². The summed E-state index contributed by atoms with van der Waals surface area (Å²) in [7, 11) is 1.56. The second kappa shape index (κ2) is 9.73. The monoisotopic (exact) mass is 383 g/mol. The van der Waals surface area contributed by atoms with E-state index in [1.54, 1.807) is 36.5 Å². The number of hydrogen-bond acceptors (Lipinski definition) is 5. The predicted molar refractivity (Wildman–Crippen MR) is 104 cm³/mol. The zero-order chi connectivity index (χ0) is 19.8. The van der Waals surface area contributed by atoms with Crippen LogP contribution < -0.4 is 14.8 Å². The Hall–Kier alpha value is -3.09. The van der Waals surface area contributed by atoms with E-state index in [1.165, 1.54) is 0 Å². The first-order chi connectivity index (χ1) is 13.7. The van der Waals surface area contributed by atoms with Gasteiger partial charge in [0.1, 0.15) is 0 Å². The maximum absolute atomic E-state index is 12.6. The van der Waals surface area contributed by atoms with Crippen LogP contribution in [-0.2, 0) is 16.1 Å². The van der Waals surface area contributed by atoms with Crippen molar-refractivity contribution in [2.24, 2.45) is 0 Å². The van der Waals surface area contributed by atoms with Gasteiger partial charge in [-0.15, -0.1) is 0 Å². The molecule has 0 atom stereocenters. The number of carbonyl (C=O) groups is 2. The lowest BCUT2D eigenvalue weighted by Crippen LogP contribution is -2.39. The fourth-order valence-electron chi connectivity index (χ4n) is 2.87. The Morgan fingerprint density at radius 1 is 1.18 bits per heavy atom. The highest BCUT2D eigenvalue weighted by atomic mass is 16.5. The summed E-state index contributed by atoms with van der Waals surface area (Å²) >= 11 is 0. The maximum atomic E-state index is 12.6. The molecule has 7 heteroatoms. The van der Waals surface area contributed by atoms with Gasteiger partial charge in [-0.2, -0.15) is 0 Å². The zero-order valence-electron chi connectivity index (χ0n) is 16.0. The van der Waals surface area contributed by atoms with Crippen LogP contribution in [0.2, 0.25) is 0 Å². The number of hydrogen-bond donors (Lipinski definition) is 1. The van der Waals surface area contributed by atoms with Crippen molar-refractivity contribution in [1.82, 2.24) is 15.2 Å². The first-order valence-electron chi connectivity index (χ1n) is 9.38. The van der Waals surface area contributed by atoms with Gasteiger partial charge in [0.2, 0.25) is 5.91 Å². The number of benzene rings is 1. The highest BCUT2D eigenvalue weighted by Crippen LogP contribution is 2.28. The minimum absolute atomic E-state index is 0.0752. The molecule has 2 aromatic rings. The number of nitrogens with one attached hydrogen (secondary N) is 1. The minimum atomic E-state index is -0.117. The van der Waals surface area contributed by atoms with Crippen LogP contribution >= 0.6 is 0 Å². The molecule has 0 radical (unpaired) electrons. The number of amides is 2. The first kappa shape index (κ1) is 19.7. The molecule has 2 amide bonds. The number of ether oxygens (including phenoxy) is 2. The van der Waals surface area contributed by atoms with Crippen LogP contribution in [0.3, 0.4) is 0 Å². The second-order valence-corrected chi connectivity index (χ2v) is 6.65. The third-order valence-corrected chi connectivity index (χ3v) is 4.52. The highest BCUT2D eigenvalue weighted by molar-refractivity contribution is 5.80. The third-order valence-electron chi connectivity index (χ3n) is 4.52. The van der Waals surface area contributed by atoms with E-state index in [0.717, 1.165) is 18.4 Å². The Morgan fingerprint density at radius 3 is 2.64 bits per heavy atom. The Kier molecular flexibility index (Phi) is 6.84. The van der Waals surface area contributed by atoms with Crippen molar-refractivity contribution < 1.29 is 19.1 Å². The fraction of sp³-hybridized carbons (Fsp3) is 0.381. The molecule has 1 N–H and O–H groups in total. The Labute approximate surface area is 164 Å². The van der Waals surface area contributed by atoms with E-state index < -0.39 is 0 Å². The van der Waals surface area contributed by atoms with Gasteiger partial charge < -0.3 is 19.7 Å². The summed E-state index contributed by atoms with van der Waals surface area (Å²) in [6.45, 7) is 0.743. The molecule has 28 heavy (non-hydrogen) atoms. The molecule has 1 heterocycles. The number of methoxy groups -OCH3 is 1. The van der Waals surface area contributed by atoms with Gasteiger partial charge in [-0.3, -0.25) is 14.6 Å². The van der Waals surface area contributed by atoms with Crippen LogP contribution in [0.5, 0.6) is 11.5 Å². The van der Waals surface area contributed by atoms with Crippen molar-refractivity contribution >= 4 is 11.8 Å². The summed E-state index contributed by atoms with van der Waals surface area (Å²) in [4.78, 5) is 30.5. The molecule has 1 aromatic carbocycles. The molecule has 0 unspecified atom stereocenters. The number of carbonyl (C=O) groups excluding carboxylic acids is 2. The average molecular weight is 383 g/mol. The Balaban J connectivity index is 1.46. The first-order valence-corrected chi connectivity index (χ1v) is 9.38. The van der Waals surface area contributed by atoms with Gasteiger partial charge in [-0.25, -0.2) is 0 Å². The van der Waals surface area contributed by atoms with Crippen molar-refractivity contribution in [1.29, 1.82) is 0 Å². The lowest BCUT2D eigenvalue weighted by Gasteiger charge is -2.22. The van der Waals surface area contributed by atoms with E-state index in [9.17, 15) is 9.59 Å². The average Bonchev–Trinajstić information content (AvgIpc) is 3.57. The van der Waals surface area contributed by atoms with E-state index in [4.69, 9.17) is 9.47 Å². The molecule has 1 aromatic heterocycles. The number of nitrogens with zero attached hydrogens (tertiary/aromatic N) is 2. The van der Waals surface area contributed by atoms with Gasteiger partial charge in [0, 0.05) is 37.9 Å². The lowest BCUT2D eigenvalue weighted by molar-refractivity contribution is -0.134. The van der Waals surface area contributed by atoms with E-state index in [0.29, 0.717) is 24.6 Å². The quantitative estimate of drug-likeness (QED) is 0.680. The number of aromatic nitrogens is 1. The van der Waals surface area contributed by atoms with Crippen LogP contribution in [0.25, 0.3) is 0 Å². The van der Waals surface area contributed by atoms with Crippen LogP contribution in [0.4, 0.5) is 0 Å². The molecular weight excluding hydrogens is 358 g/mol. The third kappa shape index (κ3) is 5.70. The van der Waals surface area contributed by atoms with Crippen LogP contribution in [0, 0.1) is 0 Å². The van der Waals surface area contributed by atoms with Gasteiger partial charge in [0.15, 0.2) is 18.1 Å². The lowest BCUT2D eigenvalue weighted by atomic mass is 10.2. The Bertz CT molecular complexity index is 793. The molecule has 0 aliphatic heterocycles. The summed E-state index contributed by atoms with van der Waals surface area (Å²) in [5.41, 5.74) is 0.941. The number of rotatable bonds is 10. The Morgan fingerprint density at radius 2 is 1.96 bits per heavy atom. The summed E-state index contributed by atoms with van der Waals surface area (Å²) < 4.78 is 10.9. The molecule has 0 spiro atoms. The normalized spacial score (nSPS) is 12.9. The van der Waals surface area contributed by atoms with Gasteiger partial charge in [-0.1, -0.05) is 18.2 Å². The smallest absolute Gasteiger partial charge is 0.260 e. The van der Waals surface area contributed by atoms with Gasteiger partial charge >= 0.3 is 0 Å². The molecule has 0 bridgehead atoms. The predicted octanol–water partition coefficient (Wildman–Crippen LogP) is 2.17. The highest BCUT2D eigenvalue weighted by Gasteiger charge is 2.32. The SMILES string of the molecule is COc1ccccc1OCC(=O)N(CCC(=O)NCc1cccnc1)C1CC1. The number of para-hydroxylation sites is 2. The van der Waals surface area contributed by atoms with E-state index in [-0.39, 0.29) is 30.9 Å². The van der Waals surface area contributed by atoms with Crippen LogP contribution in [-0.4, -0.2) is 48.0 Å². The molecule has 1 fully saturated rings. The van der Waals surface area contributed by atoms with Gasteiger partial charge in [0.05, 0.1) is 7.11 Å². The van der Waals surface area contributed by atoms with Crippen molar-refractivity contribution in [2.75, 3.05) is 20.3 Å². The standard InChI is InChI=1S/C21H25N3O4/c1-27-18-6-2-3-7-19(18)28-15-21(26)24(17-8-9-17)12-10-20(25)23-14-16-5-4-11-22-13-16/h2-7,11,13,17H,8-10,12,14-15H2,1H3,(H,23,25). The number of pyridine rings is 1. The largest absolute Gasteiger partial charge is 0.493 e. The summed E-state index contributed by atoms with van der Waals surface area (Å²) in [5.74, 6) is 0.910. The van der Waals surface area contributed by atoms with Gasteiger partial charge in [0.25, 0.3) is 5.91 Å². The molecule has 1 aliphatic rings. The summed E-state index contributed by atoms with van der Waals surface area (Å²) in [6.07, 6.45) is 5.61. The molecule has 3 rings (SSSR count). The summed E-state index contributed by atoms with van der Waals surface area (Å²) in [5, 5.41) is 2.86. The van der Waals surface area contributed by atoms with Crippen molar-refractivity contribution in [2.45, 2.75) is 31.8 Å². The van der Waals surface area contributed by atoms with Crippen molar-refractivity contribution in [3.05, 3.63) is 54.4 Å². The zero-order valence-corrected chi connectivity index (χ0v) is 16.0. The van der Waals surface area contributed by atoms with Crippen LogP contribution in [0.15, 0.2) is 48.8 Å². The molecule has 1 saturated carbocycles. The fourth-order valence-corrected chi connectivity index (χ4v) is 2.87. The second-order valence-electron chi connectivity index (χ2n) is 6.65. The van der Waals surface area contributed by atoms with E-state index >= 15 is 0 Å². The van der Waals surface area contributed by atoms with E-state index in [2.05, 4.69) is 10.3 Å². The van der Waals surface area contributed by atoms with E-state index in [1.807, 2.05) is 24.3 Å². The van der Waals surface area contributed by atoms with Gasteiger partial charge in [-0.05, 0) is 36.6 Å². The molecule has 7 nitrogen and oxygen atoms in total. The molecule has 148 valence electrons. The topological polar surface area (TPSA) is 80.8 Å². The molecule has 0 saturated heterocycles. The maximum Gasteiger partial charge on any atom is 0.260 e. The van der Waals surface area contributed by atoms with Crippen molar-refractivity contribution in [3.63, 3.8) is 0 Å². The van der Waals surface area contributed by atoms with Crippen LogP contribution in [0.1, 0.15) is 24.8 Å². The molecular formula is C21H25N3O4. The minimum Gasteiger partial charge on any atom is -0.493 e. The summed E-state index contributed by atoms with van der Waals surface area (Å²) in [6, 6.07) is 11.2. The molecule has 1 aliphatic carbocycles.